The Bertz CT molecular complexity index is 1090. The molecule has 1 heterocycles. The molecule has 28 heavy (non-hydrogen) atoms. The molecule has 1 N–H and O–H groups in total. The van der Waals surface area contributed by atoms with Crippen molar-refractivity contribution in [2.45, 2.75) is 18.9 Å². The Morgan fingerprint density at radius 3 is 1.96 bits per heavy atom. The van der Waals surface area contributed by atoms with E-state index < -0.39 is 5.54 Å². The van der Waals surface area contributed by atoms with Crippen LogP contribution in [-0.2, 0) is 5.54 Å². The molecule has 136 valence electrons. The van der Waals surface area contributed by atoms with Gasteiger partial charge in [-0.05, 0) is 93.1 Å². The van der Waals surface area contributed by atoms with E-state index in [4.69, 9.17) is 0 Å². The Kier molecular flexibility index (Phi) is 6.07. The van der Waals surface area contributed by atoms with E-state index in [2.05, 4.69) is 56.6 Å². The summed E-state index contributed by atoms with van der Waals surface area (Å²) in [5.74, 6) is 0. The normalized spacial score (nSPS) is 18.5. The van der Waals surface area contributed by atoms with Gasteiger partial charge in [-0.2, -0.15) is 15.8 Å². The van der Waals surface area contributed by atoms with Gasteiger partial charge in [-0.25, -0.2) is 0 Å². The van der Waals surface area contributed by atoms with Crippen LogP contribution in [0, 0.1) is 41.1 Å². The second-order valence-electron chi connectivity index (χ2n) is 6.59. The zero-order valence-electron chi connectivity index (χ0n) is 14.9. The zero-order valence-corrected chi connectivity index (χ0v) is 19.2. The first-order valence-corrected chi connectivity index (χ1v) is 10.6. The molecule has 0 saturated heterocycles. The molecule has 0 radical (unpaired) electrons. The van der Waals surface area contributed by atoms with Gasteiger partial charge < -0.3 is 5.32 Å². The molecular formula is C22H14I2N4. The van der Waals surface area contributed by atoms with Crippen molar-refractivity contribution in [1.29, 1.82) is 15.8 Å². The fourth-order valence-electron chi connectivity index (χ4n) is 3.31. The summed E-state index contributed by atoms with van der Waals surface area (Å²) in [5, 5.41) is 32.1. The highest BCUT2D eigenvalue weighted by molar-refractivity contribution is 14.1. The topological polar surface area (TPSA) is 83.4 Å². The van der Waals surface area contributed by atoms with E-state index in [1.807, 2.05) is 67.6 Å². The van der Waals surface area contributed by atoms with Crippen LogP contribution >= 0.6 is 45.2 Å². The van der Waals surface area contributed by atoms with E-state index in [0.717, 1.165) is 23.8 Å². The van der Waals surface area contributed by atoms with Crippen molar-refractivity contribution in [2.75, 3.05) is 0 Å². The highest BCUT2D eigenvalue weighted by atomic mass is 127. The molecule has 4 nitrogen and oxygen atoms in total. The van der Waals surface area contributed by atoms with Crippen LogP contribution in [0.3, 0.4) is 0 Å². The summed E-state index contributed by atoms with van der Waals surface area (Å²) in [4.78, 5) is 0. The molecule has 1 unspecified atom stereocenters. The molecule has 1 atom stereocenters. The molecule has 0 amide bonds. The van der Waals surface area contributed by atoms with E-state index in [1.165, 1.54) is 0 Å². The van der Waals surface area contributed by atoms with Gasteiger partial charge in [-0.3, -0.25) is 0 Å². The number of rotatable bonds is 2. The van der Waals surface area contributed by atoms with Gasteiger partial charge in [0.05, 0.1) is 16.8 Å². The summed E-state index contributed by atoms with van der Waals surface area (Å²) in [6.45, 7) is 2.03. The quantitative estimate of drug-likeness (QED) is 0.378. The van der Waals surface area contributed by atoms with Gasteiger partial charge in [0.15, 0.2) is 5.57 Å². The fourth-order valence-corrected chi connectivity index (χ4v) is 4.03. The van der Waals surface area contributed by atoms with Gasteiger partial charge in [0.25, 0.3) is 0 Å². The molecule has 3 rings (SSSR count). The van der Waals surface area contributed by atoms with Crippen LogP contribution in [0.5, 0.6) is 0 Å². The summed E-state index contributed by atoms with van der Waals surface area (Å²) in [6.07, 6.45) is 0.560. The lowest BCUT2D eigenvalue weighted by atomic mass is 9.77. The van der Waals surface area contributed by atoms with Crippen LogP contribution in [-0.4, -0.2) is 0 Å². The highest BCUT2D eigenvalue weighted by Crippen LogP contribution is 2.42. The Morgan fingerprint density at radius 1 is 0.929 bits per heavy atom. The lowest BCUT2D eigenvalue weighted by molar-refractivity contribution is 0.407. The number of nitriles is 3. The maximum atomic E-state index is 9.86. The Morgan fingerprint density at radius 2 is 1.46 bits per heavy atom. The van der Waals surface area contributed by atoms with Gasteiger partial charge in [0.2, 0.25) is 0 Å². The molecule has 1 aliphatic heterocycles. The maximum Gasteiger partial charge on any atom is 0.154 e. The minimum Gasteiger partial charge on any atom is -0.373 e. The maximum absolute atomic E-state index is 9.86. The van der Waals surface area contributed by atoms with Crippen LogP contribution in [0.15, 0.2) is 65.4 Å². The minimum atomic E-state index is -0.558. The van der Waals surface area contributed by atoms with Crippen LogP contribution in [0.2, 0.25) is 0 Å². The van der Waals surface area contributed by atoms with Gasteiger partial charge in [-0.15, -0.1) is 0 Å². The number of hydrogen-bond donors (Lipinski definition) is 1. The third-order valence-electron chi connectivity index (χ3n) is 4.74. The average molecular weight is 588 g/mol. The van der Waals surface area contributed by atoms with E-state index in [9.17, 15) is 15.8 Å². The Hall–Kier alpha value is -2.35. The van der Waals surface area contributed by atoms with Crippen molar-refractivity contribution < 1.29 is 0 Å². The average Bonchev–Trinajstić information content (AvgIpc) is 2.69. The van der Waals surface area contributed by atoms with Crippen LogP contribution in [0.1, 0.15) is 24.5 Å². The van der Waals surface area contributed by atoms with Gasteiger partial charge >= 0.3 is 0 Å². The fraction of sp³-hybridized carbons (Fsp3) is 0.136. The SMILES string of the molecule is CC1(c2ccc(I)cc2)CC(c2ccc(I)cc2)=C(C#N)C(=C(C#N)C#N)N1. The van der Waals surface area contributed by atoms with Crippen molar-refractivity contribution >= 4 is 50.8 Å². The molecule has 2 aromatic carbocycles. The molecule has 0 aliphatic carbocycles. The number of halogens is 2. The van der Waals surface area contributed by atoms with Crippen LogP contribution in [0.25, 0.3) is 5.57 Å². The van der Waals surface area contributed by atoms with Crippen LogP contribution in [0.4, 0.5) is 0 Å². The third kappa shape index (κ3) is 3.92. The minimum absolute atomic E-state index is 0.0870. The molecule has 1 aliphatic rings. The van der Waals surface area contributed by atoms with E-state index in [-0.39, 0.29) is 5.57 Å². The van der Waals surface area contributed by atoms with Crippen molar-refractivity contribution in [3.8, 4) is 18.2 Å². The molecule has 0 bridgehead atoms. The van der Waals surface area contributed by atoms with Crippen molar-refractivity contribution in [3.63, 3.8) is 0 Å². The lowest BCUT2D eigenvalue weighted by Gasteiger charge is -2.39. The predicted octanol–water partition coefficient (Wildman–Crippen LogP) is 5.38. The molecule has 0 aromatic heterocycles. The summed E-state index contributed by atoms with van der Waals surface area (Å²) in [7, 11) is 0. The first kappa shape index (κ1) is 20.4. The first-order valence-electron chi connectivity index (χ1n) is 8.40. The van der Waals surface area contributed by atoms with Gasteiger partial charge in [0, 0.05) is 13.6 Å². The second-order valence-corrected chi connectivity index (χ2v) is 9.08. The highest BCUT2D eigenvalue weighted by Gasteiger charge is 2.37. The van der Waals surface area contributed by atoms with Crippen molar-refractivity contribution in [2.24, 2.45) is 0 Å². The Labute approximate surface area is 191 Å². The molecule has 0 saturated carbocycles. The monoisotopic (exact) mass is 588 g/mol. The third-order valence-corrected chi connectivity index (χ3v) is 6.18. The summed E-state index contributed by atoms with van der Waals surface area (Å²) in [5.41, 5.74) is 2.78. The number of allylic oxidation sites excluding steroid dienone is 2. The largest absolute Gasteiger partial charge is 0.373 e. The lowest BCUT2D eigenvalue weighted by Crippen LogP contribution is -2.43. The summed E-state index contributed by atoms with van der Waals surface area (Å²) < 4.78 is 2.22. The van der Waals surface area contributed by atoms with Crippen molar-refractivity contribution in [3.05, 3.63) is 83.6 Å². The predicted molar refractivity (Wildman–Crippen MR) is 124 cm³/mol. The first-order chi connectivity index (χ1) is 13.4. The second kappa shape index (κ2) is 8.34. The standard InChI is InChI=1S/C22H14I2N4/c1-22(16-4-8-18(24)9-5-16)10-19(14-2-6-17(23)7-3-14)20(13-27)21(28-22)15(11-25)12-26/h2-9,28H,10H2,1H3. The van der Waals surface area contributed by atoms with Gasteiger partial charge in [0.1, 0.15) is 18.2 Å². The smallest absolute Gasteiger partial charge is 0.154 e. The number of benzene rings is 2. The van der Waals surface area contributed by atoms with Crippen molar-refractivity contribution in [1.82, 2.24) is 5.32 Å². The summed E-state index contributed by atoms with van der Waals surface area (Å²) in [6, 6.07) is 22.1. The van der Waals surface area contributed by atoms with Crippen LogP contribution < -0.4 is 5.32 Å². The molecule has 2 aromatic rings. The molecule has 0 spiro atoms. The number of hydrogen-bond acceptors (Lipinski definition) is 4. The molecular weight excluding hydrogens is 574 g/mol. The van der Waals surface area contributed by atoms with E-state index >= 15 is 0 Å². The number of nitrogens with zero attached hydrogens (tertiary/aromatic N) is 3. The van der Waals surface area contributed by atoms with E-state index in [0.29, 0.717) is 17.7 Å². The van der Waals surface area contributed by atoms with Gasteiger partial charge in [-0.1, -0.05) is 24.3 Å². The molecule has 0 fully saturated rings. The Balaban J connectivity index is 2.27. The zero-order chi connectivity index (χ0) is 20.3. The van der Waals surface area contributed by atoms with E-state index in [1.54, 1.807) is 0 Å². The summed E-state index contributed by atoms with van der Waals surface area (Å²) >= 11 is 4.49. The molecule has 6 heteroatoms. The number of nitrogens with one attached hydrogen (secondary N) is 1.